The van der Waals surface area contributed by atoms with Gasteiger partial charge in [0, 0.05) is 65.6 Å². The zero-order chi connectivity index (χ0) is 36.3. The number of benzene rings is 3. The van der Waals surface area contributed by atoms with Gasteiger partial charge in [-0.3, -0.25) is 14.2 Å². The van der Waals surface area contributed by atoms with Crippen LogP contribution in [0.25, 0.3) is 11.1 Å². The fourth-order valence-corrected chi connectivity index (χ4v) is 8.51. The van der Waals surface area contributed by atoms with E-state index in [1.54, 1.807) is 36.4 Å². The van der Waals surface area contributed by atoms with Crippen LogP contribution in [0.5, 0.6) is 0 Å². The molecule has 1 unspecified atom stereocenters. The maximum absolute atomic E-state index is 14.1. The second-order valence-corrected chi connectivity index (χ2v) is 15.6. The molecular formula is C39H46ClN4O6P. The van der Waals surface area contributed by atoms with Crippen molar-refractivity contribution in [2.75, 3.05) is 30.0 Å². The number of aryl methyl sites for hydroxylation is 1. The van der Waals surface area contributed by atoms with Crippen molar-refractivity contribution in [2.45, 2.75) is 77.7 Å². The number of anilines is 2. The summed E-state index contributed by atoms with van der Waals surface area (Å²) in [4.78, 5) is 53.1. The number of carbonyl (C=O) groups excluding carboxylic acids is 1. The van der Waals surface area contributed by atoms with Gasteiger partial charge in [-0.15, -0.1) is 0 Å². The highest BCUT2D eigenvalue weighted by molar-refractivity contribution is 7.52. The van der Waals surface area contributed by atoms with Crippen LogP contribution in [-0.2, 0) is 28.7 Å². The third-order valence-electron chi connectivity index (χ3n) is 10.2. The van der Waals surface area contributed by atoms with Crippen LogP contribution in [0, 0.1) is 13.8 Å². The SMILES string of the molecule is CCN(c1cc(-c2ccc(C(Nc3ccc(Cl)cc3)P(=O)(O)O)cc2)cc(C(=O)NCc2c3c(c(C)[nH]c2=O)CCCC3)c1C)C1CCOCC1. The largest absolute Gasteiger partial charge is 0.381 e. The van der Waals surface area contributed by atoms with Gasteiger partial charge >= 0.3 is 7.60 Å². The Kier molecular flexibility index (Phi) is 11.4. The number of nitrogens with one attached hydrogen (secondary N) is 3. The van der Waals surface area contributed by atoms with Gasteiger partial charge in [0.25, 0.3) is 11.5 Å². The lowest BCUT2D eigenvalue weighted by Gasteiger charge is -2.37. The van der Waals surface area contributed by atoms with E-state index < -0.39 is 13.4 Å². The molecule has 0 bridgehead atoms. The highest BCUT2D eigenvalue weighted by Gasteiger charge is 2.31. The molecule has 4 aromatic rings. The van der Waals surface area contributed by atoms with Gasteiger partial charge < -0.3 is 35.0 Å². The average molecular weight is 733 g/mol. The second-order valence-electron chi connectivity index (χ2n) is 13.5. The number of rotatable bonds is 11. The first-order chi connectivity index (χ1) is 24.4. The molecule has 3 aromatic carbocycles. The first kappa shape index (κ1) is 36.9. The number of ether oxygens (including phenoxy) is 1. The molecule has 12 heteroatoms. The molecule has 1 aliphatic heterocycles. The van der Waals surface area contributed by atoms with Crippen LogP contribution in [0.15, 0.2) is 65.5 Å². The smallest absolute Gasteiger partial charge is 0.352 e. The summed E-state index contributed by atoms with van der Waals surface area (Å²) in [6.07, 6.45) is 5.60. The lowest BCUT2D eigenvalue weighted by molar-refractivity contribution is 0.0846. The van der Waals surface area contributed by atoms with Gasteiger partial charge in [0.15, 0.2) is 5.78 Å². The Bertz CT molecular complexity index is 1990. The normalized spacial score (nSPS) is 15.6. The Labute approximate surface area is 303 Å². The Morgan fingerprint density at radius 3 is 2.31 bits per heavy atom. The van der Waals surface area contributed by atoms with E-state index in [0.29, 0.717) is 40.6 Å². The number of halogens is 1. The van der Waals surface area contributed by atoms with Crippen molar-refractivity contribution in [3.8, 4) is 11.1 Å². The van der Waals surface area contributed by atoms with Gasteiger partial charge in [0.2, 0.25) is 0 Å². The Balaban J connectivity index is 1.35. The van der Waals surface area contributed by atoms with Gasteiger partial charge in [-0.2, -0.15) is 0 Å². The summed E-state index contributed by atoms with van der Waals surface area (Å²) < 4.78 is 18.3. The van der Waals surface area contributed by atoms with Gasteiger partial charge in [-0.05, 0) is 129 Å². The molecule has 1 fully saturated rings. The van der Waals surface area contributed by atoms with Crippen molar-refractivity contribution in [3.63, 3.8) is 0 Å². The Morgan fingerprint density at radius 2 is 1.67 bits per heavy atom. The van der Waals surface area contributed by atoms with Crippen LogP contribution < -0.4 is 21.1 Å². The molecule has 1 aliphatic carbocycles. The minimum Gasteiger partial charge on any atom is -0.381 e. The number of carbonyl (C=O) groups is 1. The molecular weight excluding hydrogens is 687 g/mol. The fraction of sp³-hybridized carbons (Fsp3) is 0.385. The van der Waals surface area contributed by atoms with Crippen LogP contribution >= 0.6 is 19.2 Å². The molecule has 1 aromatic heterocycles. The molecule has 1 amide bonds. The summed E-state index contributed by atoms with van der Waals surface area (Å²) in [7, 11) is -4.62. The highest BCUT2D eigenvalue weighted by atomic mass is 35.5. The van der Waals surface area contributed by atoms with Crippen molar-refractivity contribution in [2.24, 2.45) is 0 Å². The molecule has 1 saturated heterocycles. The van der Waals surface area contributed by atoms with E-state index >= 15 is 0 Å². The zero-order valence-electron chi connectivity index (χ0n) is 29.3. The summed E-state index contributed by atoms with van der Waals surface area (Å²) in [6.45, 7) is 8.24. The van der Waals surface area contributed by atoms with Crippen molar-refractivity contribution in [1.29, 1.82) is 0 Å². The monoisotopic (exact) mass is 732 g/mol. The van der Waals surface area contributed by atoms with Crippen molar-refractivity contribution >= 4 is 36.5 Å². The molecule has 270 valence electrons. The van der Waals surface area contributed by atoms with E-state index in [2.05, 4.69) is 33.5 Å². The molecule has 6 rings (SSSR count). The minimum atomic E-state index is -4.62. The van der Waals surface area contributed by atoms with Crippen molar-refractivity contribution in [1.82, 2.24) is 10.3 Å². The first-order valence-corrected chi connectivity index (χ1v) is 19.7. The molecule has 10 nitrogen and oxygen atoms in total. The van der Waals surface area contributed by atoms with Gasteiger partial charge in [-0.1, -0.05) is 35.9 Å². The van der Waals surface area contributed by atoms with E-state index in [4.69, 9.17) is 16.3 Å². The lowest BCUT2D eigenvalue weighted by Crippen LogP contribution is -2.40. The van der Waals surface area contributed by atoms with Crippen LogP contribution in [-0.4, -0.2) is 46.5 Å². The number of hydrogen-bond acceptors (Lipinski definition) is 6. The number of fused-ring (bicyclic) bond motifs is 1. The highest BCUT2D eigenvalue weighted by Crippen LogP contribution is 2.52. The van der Waals surface area contributed by atoms with E-state index in [1.807, 2.05) is 32.0 Å². The second kappa shape index (κ2) is 15.8. The average Bonchev–Trinajstić information content (AvgIpc) is 3.12. The Morgan fingerprint density at radius 1 is 1.00 bits per heavy atom. The van der Waals surface area contributed by atoms with Gasteiger partial charge in [0.05, 0.1) is 0 Å². The minimum absolute atomic E-state index is 0.131. The number of pyridine rings is 1. The summed E-state index contributed by atoms with van der Waals surface area (Å²) in [5, 5.41) is 6.55. The van der Waals surface area contributed by atoms with E-state index in [1.165, 1.54) is 5.56 Å². The number of hydrogen-bond donors (Lipinski definition) is 5. The molecule has 51 heavy (non-hydrogen) atoms. The first-order valence-electron chi connectivity index (χ1n) is 17.6. The van der Waals surface area contributed by atoms with E-state index in [9.17, 15) is 23.9 Å². The van der Waals surface area contributed by atoms with Crippen LogP contribution in [0.1, 0.15) is 82.3 Å². The quantitative estimate of drug-likeness (QED) is 0.100. The molecule has 5 N–H and O–H groups in total. The Hall–Kier alpha value is -3.92. The maximum atomic E-state index is 14.1. The molecule has 0 spiro atoms. The molecule has 0 radical (unpaired) electrons. The third-order valence-corrected chi connectivity index (χ3v) is 11.6. The number of H-pyrrole nitrogens is 1. The van der Waals surface area contributed by atoms with Gasteiger partial charge in [-0.25, -0.2) is 0 Å². The van der Waals surface area contributed by atoms with E-state index in [-0.39, 0.29) is 24.1 Å². The summed E-state index contributed by atoms with van der Waals surface area (Å²) in [5.74, 6) is -1.55. The third kappa shape index (κ3) is 8.27. The lowest BCUT2D eigenvalue weighted by atomic mass is 9.88. The standard InChI is InChI=1S/C39H46ClN4O6P/c1-4-44(31-17-19-50-20-18-31)36-22-28(26-9-11-27(12-10-26)39(51(47,48)49)43-30-15-13-29(40)14-16-30)21-34(24(36)2)37(45)41-23-35-33-8-6-5-7-32(33)25(3)42-38(35)46/h9-16,21-22,31,39,43H,4-8,17-20,23H2,1-3H3,(H,41,45)(H,42,46)(H2,47,48,49). The maximum Gasteiger partial charge on any atom is 0.352 e. The molecule has 0 saturated carbocycles. The zero-order valence-corrected chi connectivity index (χ0v) is 30.9. The number of nitrogens with zero attached hydrogens (tertiary/aromatic N) is 1. The summed E-state index contributed by atoms with van der Waals surface area (Å²) in [5.41, 5.74) is 8.43. The van der Waals surface area contributed by atoms with Crippen molar-refractivity contribution < 1.29 is 23.9 Å². The van der Waals surface area contributed by atoms with Crippen LogP contribution in [0.4, 0.5) is 11.4 Å². The van der Waals surface area contributed by atoms with E-state index in [0.717, 1.165) is 78.7 Å². The predicted octanol–water partition coefficient (Wildman–Crippen LogP) is 7.41. The topological polar surface area (TPSA) is 144 Å². The number of aromatic amines is 1. The van der Waals surface area contributed by atoms with Crippen LogP contribution in [0.3, 0.4) is 0 Å². The van der Waals surface area contributed by atoms with Crippen molar-refractivity contribution in [3.05, 3.63) is 115 Å². The van der Waals surface area contributed by atoms with Gasteiger partial charge in [0.1, 0.15) is 0 Å². The molecule has 1 atom stereocenters. The predicted molar refractivity (Wildman–Crippen MR) is 203 cm³/mol. The molecule has 2 heterocycles. The summed E-state index contributed by atoms with van der Waals surface area (Å²) in [6, 6.07) is 17.9. The number of amides is 1. The van der Waals surface area contributed by atoms with Crippen LogP contribution in [0.2, 0.25) is 5.02 Å². The molecule has 2 aliphatic rings. The number of aromatic nitrogens is 1. The fourth-order valence-electron chi connectivity index (χ4n) is 7.51. The summed E-state index contributed by atoms with van der Waals surface area (Å²) >= 11 is 6.01.